The number of benzene rings is 2. The quantitative estimate of drug-likeness (QED) is 0.0795. The Morgan fingerprint density at radius 3 is 0.845 bits per heavy atom. The van der Waals surface area contributed by atoms with E-state index in [9.17, 15) is 0 Å². The largest absolute Gasteiger partial charge is 0.493 e. The van der Waals surface area contributed by atoms with E-state index in [4.69, 9.17) is 47.4 Å². The second-order valence-electron chi connectivity index (χ2n) is 18.7. The predicted octanol–water partition coefficient (Wildman–Crippen LogP) is 8.68. The number of hydrogen-bond acceptors (Lipinski definition) is 10. The maximum atomic E-state index is 6.51. The van der Waals surface area contributed by atoms with E-state index >= 15 is 0 Å². The molecule has 10 heteroatoms. The summed E-state index contributed by atoms with van der Waals surface area (Å²) in [6.07, 6.45) is 5.98. The molecule has 0 aliphatic carbocycles. The van der Waals surface area contributed by atoms with Gasteiger partial charge in [0.25, 0.3) is 0 Å². The fourth-order valence-corrected chi connectivity index (χ4v) is 7.88. The Labute approximate surface area is 349 Å². The Kier molecular flexibility index (Phi) is 16.0. The minimum Gasteiger partial charge on any atom is -0.493 e. The normalized spacial score (nSPS) is 20.3. The van der Waals surface area contributed by atoms with Crippen LogP contribution in [-0.4, -0.2) is 119 Å². The first-order valence-corrected chi connectivity index (χ1v) is 22.2. The first kappa shape index (κ1) is 45.3. The predicted molar refractivity (Wildman–Crippen MR) is 226 cm³/mol. The van der Waals surface area contributed by atoms with Gasteiger partial charge in [-0.1, -0.05) is 65.8 Å². The topological polar surface area (TPSA) is 92.3 Å². The second-order valence-corrected chi connectivity index (χ2v) is 18.7. The molecule has 0 spiro atoms. The molecule has 4 fully saturated rings. The lowest BCUT2D eigenvalue weighted by atomic mass is 9.83. The lowest BCUT2D eigenvalue weighted by Gasteiger charge is -2.43. The smallest absolute Gasteiger partial charge is 0.119 e. The molecule has 4 aliphatic heterocycles. The van der Waals surface area contributed by atoms with Crippen molar-refractivity contribution in [3.8, 4) is 22.6 Å². The van der Waals surface area contributed by atoms with Crippen LogP contribution in [0.15, 0.2) is 48.5 Å². The highest BCUT2D eigenvalue weighted by molar-refractivity contribution is 5.64. The fourth-order valence-electron chi connectivity index (χ4n) is 7.88. The zero-order valence-electron chi connectivity index (χ0n) is 36.7. The van der Waals surface area contributed by atoms with Crippen molar-refractivity contribution in [2.45, 2.75) is 80.1 Å². The highest BCUT2D eigenvalue weighted by Gasteiger charge is 2.42. The summed E-state index contributed by atoms with van der Waals surface area (Å²) in [6, 6.07) is 16.7. The molecular formula is C48H74O10. The van der Waals surface area contributed by atoms with E-state index in [0.29, 0.717) is 66.1 Å². The van der Waals surface area contributed by atoms with Crippen molar-refractivity contribution in [1.82, 2.24) is 0 Å². The first-order valence-electron chi connectivity index (χ1n) is 22.2. The van der Waals surface area contributed by atoms with Gasteiger partial charge < -0.3 is 47.4 Å². The van der Waals surface area contributed by atoms with Crippen molar-refractivity contribution in [1.29, 1.82) is 0 Å². The molecule has 2 aromatic carbocycles. The number of hydrogen-bond donors (Lipinski definition) is 0. The van der Waals surface area contributed by atoms with Crippen LogP contribution in [0.25, 0.3) is 11.1 Å². The minimum atomic E-state index is -0.270. The molecule has 4 saturated heterocycles. The van der Waals surface area contributed by atoms with Crippen LogP contribution in [0.5, 0.6) is 11.5 Å². The second kappa shape index (κ2) is 20.5. The third-order valence-corrected chi connectivity index (χ3v) is 14.2. The molecule has 0 unspecified atom stereocenters. The molecule has 0 bridgehead atoms. The van der Waals surface area contributed by atoms with Gasteiger partial charge in [-0.3, -0.25) is 0 Å². The van der Waals surface area contributed by atoms with Crippen LogP contribution in [0.3, 0.4) is 0 Å². The van der Waals surface area contributed by atoms with Crippen molar-refractivity contribution in [2.24, 2.45) is 32.5 Å². The number of rotatable bonds is 29. The summed E-state index contributed by atoms with van der Waals surface area (Å²) in [5.74, 6) is 1.67. The summed E-state index contributed by atoms with van der Waals surface area (Å²) in [5, 5.41) is 0. The summed E-state index contributed by atoms with van der Waals surface area (Å²) in [4.78, 5) is 0. The average Bonchev–Trinajstić information content (AvgIpc) is 3.20. The molecule has 0 aromatic heterocycles. The van der Waals surface area contributed by atoms with Gasteiger partial charge in [0.1, 0.15) is 11.5 Å². The van der Waals surface area contributed by atoms with Gasteiger partial charge in [-0.05, 0) is 73.9 Å². The van der Waals surface area contributed by atoms with Crippen LogP contribution in [0.4, 0.5) is 0 Å². The monoisotopic (exact) mass is 811 g/mol. The van der Waals surface area contributed by atoms with Gasteiger partial charge in [-0.25, -0.2) is 0 Å². The summed E-state index contributed by atoms with van der Waals surface area (Å²) < 4.78 is 61.0. The van der Waals surface area contributed by atoms with Crippen LogP contribution in [0.1, 0.15) is 80.1 Å². The molecule has 4 aliphatic rings. The van der Waals surface area contributed by atoms with Gasteiger partial charge in [0.05, 0.1) is 130 Å². The van der Waals surface area contributed by atoms with E-state index in [0.717, 1.165) is 114 Å². The Hall–Kier alpha value is -2.28. The molecule has 10 nitrogen and oxygen atoms in total. The van der Waals surface area contributed by atoms with Crippen molar-refractivity contribution in [2.75, 3.05) is 119 Å². The van der Waals surface area contributed by atoms with E-state index < -0.39 is 0 Å². The molecule has 0 amide bonds. The maximum absolute atomic E-state index is 6.51. The summed E-state index contributed by atoms with van der Waals surface area (Å²) >= 11 is 0. The zero-order valence-corrected chi connectivity index (χ0v) is 36.7. The van der Waals surface area contributed by atoms with E-state index in [1.165, 1.54) is 0 Å². The molecule has 326 valence electrons. The van der Waals surface area contributed by atoms with Gasteiger partial charge in [-0.15, -0.1) is 0 Å². The SMILES string of the molecule is CCC1(COCC(CC)(COCC2(CC)COC2)COc2ccc(-c3ccc(OCC(CC)(COCC4(CC)COC4)COCC4(CC)COC4)cc3)cc2)COC1. The van der Waals surface area contributed by atoms with Crippen molar-refractivity contribution in [3.63, 3.8) is 0 Å². The van der Waals surface area contributed by atoms with E-state index in [-0.39, 0.29) is 32.5 Å². The molecule has 2 aromatic rings. The van der Waals surface area contributed by atoms with Crippen LogP contribution >= 0.6 is 0 Å². The third-order valence-electron chi connectivity index (χ3n) is 14.2. The van der Waals surface area contributed by atoms with E-state index in [1.54, 1.807) is 0 Å². The average molecular weight is 811 g/mol. The maximum Gasteiger partial charge on any atom is 0.119 e. The highest BCUT2D eigenvalue weighted by Crippen LogP contribution is 2.37. The molecule has 0 saturated carbocycles. The zero-order chi connectivity index (χ0) is 41.0. The van der Waals surface area contributed by atoms with Crippen LogP contribution in [-0.2, 0) is 37.9 Å². The number of ether oxygens (including phenoxy) is 10. The van der Waals surface area contributed by atoms with Gasteiger partial charge in [0.15, 0.2) is 0 Å². The molecule has 0 atom stereocenters. The van der Waals surface area contributed by atoms with Crippen molar-refractivity contribution in [3.05, 3.63) is 48.5 Å². The molecule has 4 heterocycles. The van der Waals surface area contributed by atoms with E-state index in [2.05, 4.69) is 90.1 Å². The Morgan fingerprint density at radius 1 is 0.397 bits per heavy atom. The lowest BCUT2D eigenvalue weighted by molar-refractivity contribution is -0.174. The lowest BCUT2D eigenvalue weighted by Crippen LogP contribution is -2.48. The van der Waals surface area contributed by atoms with E-state index in [1.807, 2.05) is 0 Å². The summed E-state index contributed by atoms with van der Waals surface area (Å²) in [5.41, 5.74) is 2.23. The summed E-state index contributed by atoms with van der Waals surface area (Å²) in [7, 11) is 0. The summed E-state index contributed by atoms with van der Waals surface area (Å²) in [6.45, 7) is 25.6. The third kappa shape index (κ3) is 11.1. The van der Waals surface area contributed by atoms with Crippen LogP contribution in [0, 0.1) is 32.5 Å². The molecule has 0 radical (unpaired) electrons. The van der Waals surface area contributed by atoms with Crippen LogP contribution in [0.2, 0.25) is 0 Å². The van der Waals surface area contributed by atoms with Crippen molar-refractivity contribution < 1.29 is 47.4 Å². The van der Waals surface area contributed by atoms with Gasteiger partial charge >= 0.3 is 0 Å². The Bertz CT molecular complexity index is 1300. The molecule has 0 N–H and O–H groups in total. The Morgan fingerprint density at radius 2 is 0.655 bits per heavy atom. The molecule has 58 heavy (non-hydrogen) atoms. The highest BCUT2D eigenvalue weighted by atomic mass is 16.5. The van der Waals surface area contributed by atoms with Crippen molar-refractivity contribution >= 4 is 0 Å². The van der Waals surface area contributed by atoms with Gasteiger partial charge in [0.2, 0.25) is 0 Å². The van der Waals surface area contributed by atoms with Gasteiger partial charge in [-0.2, -0.15) is 0 Å². The molecule has 6 rings (SSSR count). The minimum absolute atomic E-state index is 0.133. The Balaban J connectivity index is 1.03. The first-order chi connectivity index (χ1) is 28.1. The van der Waals surface area contributed by atoms with Crippen LogP contribution < -0.4 is 9.47 Å². The fraction of sp³-hybridized carbons (Fsp3) is 0.750. The standard InChI is InChI=1S/C48H74O10/c1-7-43(21-49-22-43)29-53-33-47(11-5,34-54-30-44(8-2)23-50-24-44)37-57-41-17-13-39(14-18-41)40-15-19-42(20-16-40)58-38-48(12-6,35-55-31-45(9-3)25-51-26-45)36-56-32-46(10-4)27-52-28-46/h13-20H,7-12,21-38H2,1-6H3. The molecular weight excluding hydrogens is 737 g/mol. The van der Waals surface area contributed by atoms with Gasteiger partial charge in [0, 0.05) is 21.7 Å².